The lowest BCUT2D eigenvalue weighted by Gasteiger charge is -2.36. The monoisotopic (exact) mass is 369 g/mol. The Kier molecular flexibility index (Phi) is 6.54. The number of hydrogen-bond acceptors (Lipinski definition) is 5. The molecule has 0 unspecified atom stereocenters. The van der Waals surface area contributed by atoms with E-state index >= 15 is 0 Å². The van der Waals surface area contributed by atoms with E-state index in [-0.39, 0.29) is 5.91 Å². The molecule has 1 fully saturated rings. The molecule has 3 rings (SSSR count). The minimum absolute atomic E-state index is 0.00617. The Balaban J connectivity index is 1.46. The van der Waals surface area contributed by atoms with Gasteiger partial charge in [-0.25, -0.2) is 0 Å². The molecule has 0 spiro atoms. The van der Waals surface area contributed by atoms with E-state index in [0.717, 1.165) is 44.2 Å². The molecule has 0 aliphatic carbocycles. The zero-order valence-electron chi connectivity index (χ0n) is 16.0. The molecule has 6 nitrogen and oxygen atoms in total. The maximum Gasteiger partial charge on any atom is 0.225 e. The average Bonchev–Trinajstić information content (AvgIpc) is 2.73. The largest absolute Gasteiger partial charge is 0.495 e. The minimum atomic E-state index is 0.00617. The van der Waals surface area contributed by atoms with E-state index in [1.165, 1.54) is 0 Å². The van der Waals surface area contributed by atoms with Gasteiger partial charge < -0.3 is 19.7 Å². The maximum absolute atomic E-state index is 12.3. The van der Waals surface area contributed by atoms with E-state index in [0.29, 0.717) is 17.9 Å². The van der Waals surface area contributed by atoms with Gasteiger partial charge in [-0.2, -0.15) is 0 Å². The first-order chi connectivity index (χ1) is 13.2. The van der Waals surface area contributed by atoms with E-state index < -0.39 is 0 Å². The van der Waals surface area contributed by atoms with Crippen LogP contribution < -0.4 is 19.7 Å². The molecule has 0 atom stereocenters. The molecule has 2 aromatic rings. The van der Waals surface area contributed by atoms with Crippen molar-refractivity contribution in [1.29, 1.82) is 0 Å². The highest BCUT2D eigenvalue weighted by molar-refractivity contribution is 5.92. The summed E-state index contributed by atoms with van der Waals surface area (Å²) in [6, 6.07) is 15.6. The van der Waals surface area contributed by atoms with Crippen LogP contribution in [0.1, 0.15) is 6.42 Å². The van der Waals surface area contributed by atoms with Crippen molar-refractivity contribution in [1.82, 2.24) is 4.90 Å². The van der Waals surface area contributed by atoms with Crippen LogP contribution in [0.25, 0.3) is 0 Å². The van der Waals surface area contributed by atoms with Crippen LogP contribution in [0.4, 0.5) is 11.4 Å². The Bertz CT molecular complexity index is 758. The van der Waals surface area contributed by atoms with Crippen LogP contribution in [0.3, 0.4) is 0 Å². The molecular formula is C21H27N3O3. The summed E-state index contributed by atoms with van der Waals surface area (Å²) in [5.41, 5.74) is 1.85. The van der Waals surface area contributed by atoms with Gasteiger partial charge in [-0.3, -0.25) is 9.69 Å². The molecule has 6 heteroatoms. The van der Waals surface area contributed by atoms with E-state index in [9.17, 15) is 4.79 Å². The first kappa shape index (κ1) is 19.0. The highest BCUT2D eigenvalue weighted by atomic mass is 16.5. The number of rotatable bonds is 7. The van der Waals surface area contributed by atoms with Gasteiger partial charge in [0, 0.05) is 39.1 Å². The fraction of sp³-hybridized carbons (Fsp3) is 0.381. The highest BCUT2D eigenvalue weighted by Crippen LogP contribution is 2.28. The van der Waals surface area contributed by atoms with Crippen LogP contribution in [0.5, 0.6) is 11.5 Å². The third-order valence-electron chi connectivity index (χ3n) is 4.83. The van der Waals surface area contributed by atoms with Crippen LogP contribution in [0.2, 0.25) is 0 Å². The van der Waals surface area contributed by atoms with Crippen molar-refractivity contribution in [3.8, 4) is 11.5 Å². The van der Waals surface area contributed by atoms with Gasteiger partial charge in [0.15, 0.2) is 0 Å². The average molecular weight is 369 g/mol. The van der Waals surface area contributed by atoms with Gasteiger partial charge in [0.2, 0.25) is 5.91 Å². The lowest BCUT2D eigenvalue weighted by molar-refractivity contribution is -0.116. The van der Waals surface area contributed by atoms with Crippen LogP contribution in [0, 0.1) is 0 Å². The molecule has 1 aliphatic heterocycles. The highest BCUT2D eigenvalue weighted by Gasteiger charge is 2.20. The fourth-order valence-electron chi connectivity index (χ4n) is 3.32. The van der Waals surface area contributed by atoms with E-state index in [1.807, 2.05) is 42.5 Å². The van der Waals surface area contributed by atoms with E-state index in [4.69, 9.17) is 9.47 Å². The number of ether oxygens (including phenoxy) is 2. The predicted octanol–water partition coefficient (Wildman–Crippen LogP) is 2.85. The number of amides is 1. The summed E-state index contributed by atoms with van der Waals surface area (Å²) >= 11 is 0. The summed E-state index contributed by atoms with van der Waals surface area (Å²) in [5, 5.41) is 2.93. The van der Waals surface area contributed by atoms with Crippen molar-refractivity contribution < 1.29 is 14.3 Å². The van der Waals surface area contributed by atoms with Crippen LogP contribution in [-0.2, 0) is 4.79 Å². The predicted molar refractivity (Wildman–Crippen MR) is 108 cm³/mol. The maximum atomic E-state index is 12.3. The van der Waals surface area contributed by atoms with Crippen LogP contribution in [0.15, 0.2) is 48.5 Å². The summed E-state index contributed by atoms with van der Waals surface area (Å²) in [5.74, 6) is 1.59. The van der Waals surface area contributed by atoms with Crippen molar-refractivity contribution >= 4 is 17.3 Å². The summed E-state index contributed by atoms with van der Waals surface area (Å²) in [7, 11) is 3.31. The van der Waals surface area contributed by atoms with E-state index in [2.05, 4.69) is 21.2 Å². The van der Waals surface area contributed by atoms with Crippen molar-refractivity contribution in [2.45, 2.75) is 6.42 Å². The van der Waals surface area contributed by atoms with Crippen molar-refractivity contribution in [2.75, 3.05) is 57.2 Å². The van der Waals surface area contributed by atoms with Gasteiger partial charge in [0.25, 0.3) is 0 Å². The second kappa shape index (κ2) is 9.28. The van der Waals surface area contributed by atoms with Crippen molar-refractivity contribution in [2.24, 2.45) is 0 Å². The lowest BCUT2D eigenvalue weighted by atomic mass is 10.2. The molecule has 1 heterocycles. The van der Waals surface area contributed by atoms with Gasteiger partial charge in [-0.1, -0.05) is 24.3 Å². The summed E-state index contributed by atoms with van der Waals surface area (Å²) in [4.78, 5) is 16.9. The lowest BCUT2D eigenvalue weighted by Crippen LogP contribution is -2.47. The molecule has 1 amide bonds. The smallest absolute Gasteiger partial charge is 0.225 e. The van der Waals surface area contributed by atoms with E-state index in [1.54, 1.807) is 14.2 Å². The summed E-state index contributed by atoms with van der Waals surface area (Å²) < 4.78 is 10.7. The molecule has 0 saturated carbocycles. The second-order valence-corrected chi connectivity index (χ2v) is 6.50. The minimum Gasteiger partial charge on any atom is -0.495 e. The van der Waals surface area contributed by atoms with Crippen LogP contribution >= 0.6 is 0 Å². The van der Waals surface area contributed by atoms with Crippen molar-refractivity contribution in [3.05, 3.63) is 48.5 Å². The molecule has 1 N–H and O–H groups in total. The molecular weight excluding hydrogens is 342 g/mol. The summed E-state index contributed by atoms with van der Waals surface area (Å²) in [6.07, 6.45) is 0.465. The molecule has 0 bridgehead atoms. The Hall–Kier alpha value is -2.73. The zero-order chi connectivity index (χ0) is 19.1. The number of nitrogens with zero attached hydrogens (tertiary/aromatic N) is 2. The number of carbonyl (C=O) groups is 1. The Labute approximate surface area is 160 Å². The van der Waals surface area contributed by atoms with Crippen LogP contribution in [-0.4, -0.2) is 57.8 Å². The fourth-order valence-corrected chi connectivity index (χ4v) is 3.32. The molecule has 144 valence electrons. The molecule has 0 aromatic heterocycles. The molecule has 1 saturated heterocycles. The Morgan fingerprint density at radius 2 is 1.56 bits per heavy atom. The normalized spacial score (nSPS) is 14.7. The number of methoxy groups -OCH3 is 2. The summed E-state index contributed by atoms with van der Waals surface area (Å²) in [6.45, 7) is 4.46. The number of para-hydroxylation sites is 4. The number of carbonyl (C=O) groups excluding carboxylic acids is 1. The third kappa shape index (κ3) is 4.92. The van der Waals surface area contributed by atoms with Gasteiger partial charge in [0.1, 0.15) is 11.5 Å². The molecule has 2 aromatic carbocycles. The van der Waals surface area contributed by atoms with Gasteiger partial charge in [-0.15, -0.1) is 0 Å². The first-order valence-electron chi connectivity index (χ1n) is 9.24. The van der Waals surface area contributed by atoms with Gasteiger partial charge >= 0.3 is 0 Å². The standard InChI is InChI=1S/C21H27N3O3/c1-26-19-9-5-3-7-17(19)22-21(25)11-12-23-13-15-24(16-14-23)18-8-4-6-10-20(18)27-2/h3-10H,11-16H2,1-2H3,(H,22,25). The zero-order valence-corrected chi connectivity index (χ0v) is 16.0. The van der Waals surface area contributed by atoms with Crippen molar-refractivity contribution in [3.63, 3.8) is 0 Å². The SMILES string of the molecule is COc1ccccc1NC(=O)CCN1CCN(c2ccccc2OC)CC1. The molecule has 27 heavy (non-hydrogen) atoms. The number of benzene rings is 2. The Morgan fingerprint density at radius 3 is 2.26 bits per heavy atom. The second-order valence-electron chi connectivity index (χ2n) is 6.50. The number of anilines is 2. The third-order valence-corrected chi connectivity index (χ3v) is 4.83. The molecule has 0 radical (unpaired) electrons. The van der Waals surface area contributed by atoms with Gasteiger partial charge in [0.05, 0.1) is 25.6 Å². The number of nitrogens with one attached hydrogen (secondary N) is 1. The molecule has 1 aliphatic rings. The number of hydrogen-bond donors (Lipinski definition) is 1. The first-order valence-corrected chi connectivity index (χ1v) is 9.24. The van der Waals surface area contributed by atoms with Gasteiger partial charge in [-0.05, 0) is 24.3 Å². The Morgan fingerprint density at radius 1 is 0.926 bits per heavy atom. The quantitative estimate of drug-likeness (QED) is 0.813. The number of piperazine rings is 1. The topological polar surface area (TPSA) is 54.0 Å².